The van der Waals surface area contributed by atoms with E-state index in [0.717, 1.165) is 25.7 Å². The minimum Gasteiger partial charge on any atom is -0.480 e. The monoisotopic (exact) mass is 819 g/mol. The van der Waals surface area contributed by atoms with Gasteiger partial charge in [-0.05, 0) is 19.8 Å². The van der Waals surface area contributed by atoms with Gasteiger partial charge in [0.2, 0.25) is 23.6 Å². The van der Waals surface area contributed by atoms with Crippen molar-refractivity contribution in [1.82, 2.24) is 21.3 Å². The van der Waals surface area contributed by atoms with Crippen LogP contribution in [0.2, 0.25) is 0 Å². The minimum atomic E-state index is -1.17. The number of hydrogen-bond donors (Lipinski definition) is 5. The SMILES string of the molecule is CCCCCCCCCCCCCCCC(=O)N[C@@H](CCC(=O)NCCOCCOCC(=O)NCCOCCOCC(=O)NCCOCCOCC(C)=O)C(=O)O. The number of ketones is 1. The van der Waals surface area contributed by atoms with Gasteiger partial charge in [0.25, 0.3) is 0 Å². The number of Topliss-reactive ketones (excluding diaryl/α,β-unsaturated/α-hetero) is 1. The molecule has 4 amide bonds. The molecule has 0 aliphatic rings. The molecule has 1 atom stereocenters. The predicted molar refractivity (Wildman–Crippen MR) is 214 cm³/mol. The topological polar surface area (TPSA) is 226 Å². The maximum Gasteiger partial charge on any atom is 0.326 e. The molecule has 0 saturated heterocycles. The Hall–Kier alpha value is -3.22. The number of rotatable bonds is 43. The fourth-order valence-corrected chi connectivity index (χ4v) is 5.29. The molecule has 0 saturated carbocycles. The van der Waals surface area contributed by atoms with E-state index in [1.165, 1.54) is 64.7 Å². The molecule has 0 fully saturated rings. The average Bonchev–Trinajstić information content (AvgIpc) is 3.17. The van der Waals surface area contributed by atoms with Crippen LogP contribution in [0.3, 0.4) is 0 Å². The number of carboxylic acid groups (broad SMARTS) is 1. The first kappa shape index (κ1) is 53.8. The molecule has 0 rings (SSSR count). The van der Waals surface area contributed by atoms with Crippen molar-refractivity contribution in [3.05, 3.63) is 0 Å². The molecule has 17 nitrogen and oxygen atoms in total. The highest BCUT2D eigenvalue weighted by Crippen LogP contribution is 2.13. The third-order valence-corrected chi connectivity index (χ3v) is 8.39. The molecule has 0 aromatic rings. The second-order valence-electron chi connectivity index (χ2n) is 13.7. The molecule has 0 aromatic carbocycles. The van der Waals surface area contributed by atoms with Crippen molar-refractivity contribution in [1.29, 1.82) is 0 Å². The highest BCUT2D eigenvalue weighted by molar-refractivity contribution is 5.84. The lowest BCUT2D eigenvalue weighted by atomic mass is 10.0. The molecule has 17 heteroatoms. The van der Waals surface area contributed by atoms with Crippen LogP contribution in [-0.4, -0.2) is 145 Å². The second-order valence-corrected chi connectivity index (χ2v) is 13.7. The summed E-state index contributed by atoms with van der Waals surface area (Å²) in [4.78, 5) is 70.4. The number of carboxylic acids is 1. The van der Waals surface area contributed by atoms with E-state index in [0.29, 0.717) is 26.4 Å². The Morgan fingerprint density at radius 3 is 1.26 bits per heavy atom. The number of carbonyl (C=O) groups excluding carboxylic acids is 5. The van der Waals surface area contributed by atoms with Crippen LogP contribution >= 0.6 is 0 Å². The van der Waals surface area contributed by atoms with Crippen LogP contribution in [0.1, 0.15) is 117 Å². The Morgan fingerprint density at radius 2 is 0.842 bits per heavy atom. The lowest BCUT2D eigenvalue weighted by Gasteiger charge is -2.14. The number of nitrogens with one attached hydrogen (secondary N) is 4. The van der Waals surface area contributed by atoms with Gasteiger partial charge in [0.1, 0.15) is 25.9 Å². The maximum absolute atomic E-state index is 12.3. The predicted octanol–water partition coefficient (Wildman–Crippen LogP) is 2.85. The van der Waals surface area contributed by atoms with Gasteiger partial charge in [0.05, 0.1) is 59.5 Å². The van der Waals surface area contributed by atoms with Crippen LogP contribution in [0.4, 0.5) is 0 Å². The summed E-state index contributed by atoms with van der Waals surface area (Å²) >= 11 is 0. The highest BCUT2D eigenvalue weighted by Gasteiger charge is 2.20. The van der Waals surface area contributed by atoms with E-state index in [1.807, 2.05) is 0 Å². The highest BCUT2D eigenvalue weighted by atomic mass is 16.5. The van der Waals surface area contributed by atoms with Gasteiger partial charge in [0.15, 0.2) is 5.78 Å². The minimum absolute atomic E-state index is 0.00931. The third kappa shape index (κ3) is 40.8. The van der Waals surface area contributed by atoms with Crippen molar-refractivity contribution in [3.63, 3.8) is 0 Å². The van der Waals surface area contributed by atoms with Crippen molar-refractivity contribution in [3.8, 4) is 0 Å². The van der Waals surface area contributed by atoms with E-state index < -0.39 is 12.0 Å². The van der Waals surface area contributed by atoms with E-state index in [2.05, 4.69) is 28.2 Å². The first-order valence-electron chi connectivity index (χ1n) is 20.9. The van der Waals surface area contributed by atoms with Gasteiger partial charge < -0.3 is 54.8 Å². The number of aliphatic carboxylic acids is 1. The molecule has 332 valence electrons. The molecule has 0 aliphatic carbocycles. The zero-order valence-electron chi connectivity index (χ0n) is 34.8. The first-order chi connectivity index (χ1) is 27.6. The number of amides is 4. The normalized spacial score (nSPS) is 11.5. The zero-order chi connectivity index (χ0) is 42.0. The number of hydrogen-bond acceptors (Lipinski definition) is 12. The van der Waals surface area contributed by atoms with Crippen molar-refractivity contribution < 1.29 is 62.3 Å². The summed E-state index contributed by atoms with van der Waals surface area (Å²) in [5.74, 6) is -2.47. The Bertz CT molecular complexity index is 1050. The van der Waals surface area contributed by atoms with Gasteiger partial charge in [-0.1, -0.05) is 84.0 Å². The van der Waals surface area contributed by atoms with Crippen LogP contribution in [0.25, 0.3) is 0 Å². The summed E-state index contributed by atoms with van der Waals surface area (Å²) < 4.78 is 31.6. The van der Waals surface area contributed by atoms with Gasteiger partial charge >= 0.3 is 5.97 Å². The lowest BCUT2D eigenvalue weighted by molar-refractivity contribution is -0.142. The molecular weight excluding hydrogens is 744 g/mol. The number of unbranched alkanes of at least 4 members (excludes halogenated alkanes) is 12. The van der Waals surface area contributed by atoms with Crippen molar-refractivity contribution in [2.45, 2.75) is 123 Å². The summed E-state index contributed by atoms with van der Waals surface area (Å²) in [6, 6.07) is -1.12. The molecular formula is C40H74N4O13. The number of ether oxygens (including phenoxy) is 6. The van der Waals surface area contributed by atoms with Crippen LogP contribution < -0.4 is 21.3 Å². The molecule has 0 radical (unpaired) electrons. The lowest BCUT2D eigenvalue weighted by Crippen LogP contribution is -2.41. The van der Waals surface area contributed by atoms with E-state index in [1.54, 1.807) is 0 Å². The molecule has 0 spiro atoms. The quantitative estimate of drug-likeness (QED) is 0.0559. The Balaban J connectivity index is 3.63. The van der Waals surface area contributed by atoms with Crippen molar-refractivity contribution in [2.24, 2.45) is 0 Å². The second kappa shape index (κ2) is 41.0. The van der Waals surface area contributed by atoms with Gasteiger partial charge in [-0.15, -0.1) is 0 Å². The third-order valence-electron chi connectivity index (χ3n) is 8.39. The van der Waals surface area contributed by atoms with Crippen LogP contribution in [-0.2, 0) is 57.2 Å². The molecule has 57 heavy (non-hydrogen) atoms. The average molecular weight is 819 g/mol. The Kier molecular flexibility index (Phi) is 38.6. The molecule has 0 heterocycles. The summed E-state index contributed by atoms with van der Waals surface area (Å²) in [7, 11) is 0. The molecule has 0 aliphatic heterocycles. The van der Waals surface area contributed by atoms with Crippen LogP contribution in [0.5, 0.6) is 0 Å². The zero-order valence-corrected chi connectivity index (χ0v) is 34.8. The maximum atomic E-state index is 12.3. The van der Waals surface area contributed by atoms with E-state index in [-0.39, 0.29) is 121 Å². The summed E-state index contributed by atoms with van der Waals surface area (Å²) in [6.45, 7) is 6.55. The first-order valence-corrected chi connectivity index (χ1v) is 20.9. The number of carbonyl (C=O) groups is 6. The van der Waals surface area contributed by atoms with Crippen LogP contribution in [0, 0.1) is 0 Å². The van der Waals surface area contributed by atoms with E-state index in [9.17, 15) is 33.9 Å². The molecule has 0 aromatic heterocycles. The summed E-state index contributed by atoms with van der Waals surface area (Å²) in [5.41, 5.74) is 0. The Morgan fingerprint density at radius 1 is 0.456 bits per heavy atom. The summed E-state index contributed by atoms with van der Waals surface area (Å²) in [5, 5.41) is 20.0. The van der Waals surface area contributed by atoms with Gasteiger partial charge in [-0.25, -0.2) is 4.79 Å². The molecule has 0 unspecified atom stereocenters. The van der Waals surface area contributed by atoms with Gasteiger partial charge in [-0.3, -0.25) is 24.0 Å². The fraction of sp³-hybridized carbons (Fsp3) is 0.850. The van der Waals surface area contributed by atoms with Crippen molar-refractivity contribution in [2.75, 3.05) is 98.9 Å². The van der Waals surface area contributed by atoms with Gasteiger partial charge in [0, 0.05) is 32.5 Å². The van der Waals surface area contributed by atoms with Gasteiger partial charge in [-0.2, -0.15) is 0 Å². The molecule has 0 bridgehead atoms. The Labute approximate surface area is 340 Å². The van der Waals surface area contributed by atoms with Crippen LogP contribution in [0.15, 0.2) is 0 Å². The molecule has 5 N–H and O–H groups in total. The smallest absolute Gasteiger partial charge is 0.326 e. The van der Waals surface area contributed by atoms with E-state index >= 15 is 0 Å². The fourth-order valence-electron chi connectivity index (χ4n) is 5.29. The summed E-state index contributed by atoms with van der Waals surface area (Å²) in [6.07, 6.45) is 15.9. The van der Waals surface area contributed by atoms with E-state index in [4.69, 9.17) is 28.4 Å². The largest absolute Gasteiger partial charge is 0.480 e. The van der Waals surface area contributed by atoms with Crippen molar-refractivity contribution >= 4 is 35.4 Å². The standard InChI is InChI=1S/C40H74N4O13/c1-3-4-5-6-7-8-9-10-11-12-13-14-15-16-37(47)44-35(40(50)51)17-18-36(46)41-19-22-52-26-29-56-32-39(49)43-21-24-54-27-30-57-33-38(48)42-20-23-53-25-28-55-31-34(2)45/h35H,3-33H2,1-2H3,(H,41,46)(H,42,48)(H,43,49)(H,44,47)(H,50,51)/t35-/m0/s1.